The highest BCUT2D eigenvalue weighted by molar-refractivity contribution is 5.35. The summed E-state index contributed by atoms with van der Waals surface area (Å²) in [5.74, 6) is 0.707. The van der Waals surface area contributed by atoms with Gasteiger partial charge in [0.15, 0.2) is 0 Å². The number of hydrogen-bond donors (Lipinski definition) is 1. The van der Waals surface area contributed by atoms with Crippen LogP contribution >= 0.6 is 0 Å². The highest BCUT2D eigenvalue weighted by Gasteiger charge is 2.13. The monoisotopic (exact) mass is 205 g/mol. The Hall–Kier alpha value is -0.820. The van der Waals surface area contributed by atoms with Crippen molar-refractivity contribution in [3.63, 3.8) is 0 Å². The maximum atomic E-state index is 6.27. The minimum absolute atomic E-state index is 0.196. The van der Waals surface area contributed by atoms with E-state index in [-0.39, 0.29) is 6.04 Å². The molecule has 2 unspecified atom stereocenters. The van der Waals surface area contributed by atoms with Crippen LogP contribution in [0.15, 0.2) is 18.2 Å². The summed E-state index contributed by atoms with van der Waals surface area (Å²) in [5, 5.41) is 0. The van der Waals surface area contributed by atoms with Crippen molar-refractivity contribution in [1.82, 2.24) is 0 Å². The minimum Gasteiger partial charge on any atom is -0.324 e. The molecule has 84 valence electrons. The number of aryl methyl sites for hydroxylation is 2. The quantitative estimate of drug-likeness (QED) is 0.796. The van der Waals surface area contributed by atoms with Gasteiger partial charge in [-0.2, -0.15) is 0 Å². The zero-order valence-corrected chi connectivity index (χ0v) is 10.4. The largest absolute Gasteiger partial charge is 0.324 e. The van der Waals surface area contributed by atoms with Gasteiger partial charge in [-0.25, -0.2) is 0 Å². The van der Waals surface area contributed by atoms with E-state index >= 15 is 0 Å². The molecule has 1 rings (SSSR count). The van der Waals surface area contributed by atoms with Crippen LogP contribution in [0.2, 0.25) is 0 Å². The summed E-state index contributed by atoms with van der Waals surface area (Å²) in [4.78, 5) is 0. The molecule has 0 aliphatic heterocycles. The Kier molecular flexibility index (Phi) is 4.34. The smallest absolute Gasteiger partial charge is 0.0302 e. The fraction of sp³-hybridized carbons (Fsp3) is 0.571. The van der Waals surface area contributed by atoms with Crippen LogP contribution < -0.4 is 5.73 Å². The van der Waals surface area contributed by atoms with Crippen LogP contribution in [0.3, 0.4) is 0 Å². The standard InChI is InChI=1S/C14H23N/c1-5-10(2)9-13(15)14-11(3)7-6-8-12(14)4/h6-8,10,13H,5,9,15H2,1-4H3. The van der Waals surface area contributed by atoms with Crippen LogP contribution in [0.5, 0.6) is 0 Å². The molecule has 1 aromatic rings. The summed E-state index contributed by atoms with van der Waals surface area (Å²) in [7, 11) is 0. The average molecular weight is 205 g/mol. The van der Waals surface area contributed by atoms with Crippen LogP contribution in [0, 0.1) is 19.8 Å². The zero-order valence-electron chi connectivity index (χ0n) is 10.4. The van der Waals surface area contributed by atoms with E-state index in [2.05, 4.69) is 45.9 Å². The summed E-state index contributed by atoms with van der Waals surface area (Å²) in [6, 6.07) is 6.60. The number of nitrogens with two attached hydrogens (primary N) is 1. The molecule has 1 aromatic carbocycles. The lowest BCUT2D eigenvalue weighted by molar-refractivity contribution is 0.459. The molecule has 2 atom stereocenters. The summed E-state index contributed by atoms with van der Waals surface area (Å²) < 4.78 is 0. The van der Waals surface area contributed by atoms with Crippen LogP contribution in [0.25, 0.3) is 0 Å². The molecule has 0 radical (unpaired) electrons. The Morgan fingerprint density at radius 1 is 1.20 bits per heavy atom. The Bertz CT molecular complexity index is 297. The fourth-order valence-electron chi connectivity index (χ4n) is 2.13. The van der Waals surface area contributed by atoms with Crippen LogP contribution in [0.4, 0.5) is 0 Å². The van der Waals surface area contributed by atoms with Gasteiger partial charge >= 0.3 is 0 Å². The lowest BCUT2D eigenvalue weighted by Gasteiger charge is -2.20. The zero-order chi connectivity index (χ0) is 11.4. The summed E-state index contributed by atoms with van der Waals surface area (Å²) >= 11 is 0. The summed E-state index contributed by atoms with van der Waals surface area (Å²) in [6.45, 7) is 8.80. The van der Waals surface area contributed by atoms with Crippen molar-refractivity contribution in [2.45, 2.75) is 46.6 Å². The Labute approximate surface area is 93.7 Å². The molecule has 0 aromatic heterocycles. The third-order valence-electron chi connectivity index (χ3n) is 3.27. The van der Waals surface area contributed by atoms with E-state index < -0.39 is 0 Å². The van der Waals surface area contributed by atoms with Crippen LogP contribution in [0.1, 0.15) is 49.4 Å². The van der Waals surface area contributed by atoms with Gasteiger partial charge in [0.2, 0.25) is 0 Å². The van der Waals surface area contributed by atoms with Crippen molar-refractivity contribution >= 4 is 0 Å². The minimum atomic E-state index is 0.196. The average Bonchev–Trinajstić information content (AvgIpc) is 2.17. The SMILES string of the molecule is CCC(C)CC(N)c1c(C)cccc1C. The maximum absolute atomic E-state index is 6.27. The third-order valence-corrected chi connectivity index (χ3v) is 3.27. The van der Waals surface area contributed by atoms with Crippen molar-refractivity contribution in [2.24, 2.45) is 11.7 Å². The first-order valence-electron chi connectivity index (χ1n) is 5.88. The molecule has 15 heavy (non-hydrogen) atoms. The lowest BCUT2D eigenvalue weighted by Crippen LogP contribution is -2.16. The van der Waals surface area contributed by atoms with Crippen LogP contribution in [-0.4, -0.2) is 0 Å². The molecule has 0 amide bonds. The first-order chi connectivity index (χ1) is 7.06. The summed E-state index contributed by atoms with van der Waals surface area (Å²) in [6.07, 6.45) is 2.29. The molecule has 0 spiro atoms. The van der Waals surface area contributed by atoms with E-state index in [4.69, 9.17) is 5.73 Å². The second kappa shape index (κ2) is 5.32. The maximum Gasteiger partial charge on any atom is 0.0302 e. The molecule has 0 aliphatic carbocycles. The van der Waals surface area contributed by atoms with Gasteiger partial charge in [0.05, 0.1) is 0 Å². The number of benzene rings is 1. The molecule has 0 aliphatic rings. The lowest BCUT2D eigenvalue weighted by atomic mass is 9.90. The molecule has 2 N–H and O–H groups in total. The first kappa shape index (κ1) is 12.3. The Balaban J connectivity index is 2.86. The second-order valence-electron chi connectivity index (χ2n) is 4.66. The van der Waals surface area contributed by atoms with E-state index in [0.717, 1.165) is 6.42 Å². The van der Waals surface area contributed by atoms with Gasteiger partial charge < -0.3 is 5.73 Å². The van der Waals surface area contributed by atoms with E-state index in [1.54, 1.807) is 0 Å². The molecule has 0 bridgehead atoms. The van der Waals surface area contributed by atoms with Gasteiger partial charge in [0.1, 0.15) is 0 Å². The van der Waals surface area contributed by atoms with Gasteiger partial charge in [-0.05, 0) is 42.9 Å². The summed E-state index contributed by atoms with van der Waals surface area (Å²) in [5.41, 5.74) is 10.3. The van der Waals surface area contributed by atoms with E-state index in [0.29, 0.717) is 5.92 Å². The van der Waals surface area contributed by atoms with Gasteiger partial charge in [-0.15, -0.1) is 0 Å². The topological polar surface area (TPSA) is 26.0 Å². The number of hydrogen-bond acceptors (Lipinski definition) is 1. The van der Waals surface area contributed by atoms with E-state index in [9.17, 15) is 0 Å². The van der Waals surface area contributed by atoms with Gasteiger partial charge in [-0.3, -0.25) is 0 Å². The molecular formula is C14H23N. The highest BCUT2D eigenvalue weighted by Crippen LogP contribution is 2.26. The van der Waals surface area contributed by atoms with Crippen molar-refractivity contribution in [3.8, 4) is 0 Å². The molecule has 1 nitrogen and oxygen atoms in total. The molecule has 0 heterocycles. The first-order valence-corrected chi connectivity index (χ1v) is 5.88. The predicted octanol–water partition coefficient (Wildman–Crippen LogP) is 3.74. The van der Waals surface area contributed by atoms with Gasteiger partial charge in [0, 0.05) is 6.04 Å². The van der Waals surface area contributed by atoms with Crippen LogP contribution in [-0.2, 0) is 0 Å². The number of rotatable bonds is 4. The van der Waals surface area contributed by atoms with Crippen molar-refractivity contribution in [2.75, 3.05) is 0 Å². The van der Waals surface area contributed by atoms with Crippen molar-refractivity contribution in [3.05, 3.63) is 34.9 Å². The predicted molar refractivity (Wildman–Crippen MR) is 66.9 cm³/mol. The van der Waals surface area contributed by atoms with Crippen molar-refractivity contribution in [1.29, 1.82) is 0 Å². The molecule has 0 saturated carbocycles. The van der Waals surface area contributed by atoms with Crippen molar-refractivity contribution < 1.29 is 0 Å². The van der Waals surface area contributed by atoms with Gasteiger partial charge in [-0.1, -0.05) is 38.5 Å². The van der Waals surface area contributed by atoms with E-state index in [1.807, 2.05) is 0 Å². The Morgan fingerprint density at radius 2 is 1.73 bits per heavy atom. The third kappa shape index (κ3) is 3.07. The molecule has 1 heteroatoms. The van der Waals surface area contributed by atoms with Gasteiger partial charge in [0.25, 0.3) is 0 Å². The molecule has 0 fully saturated rings. The highest BCUT2D eigenvalue weighted by atomic mass is 14.6. The fourth-order valence-corrected chi connectivity index (χ4v) is 2.13. The molecule has 0 saturated heterocycles. The second-order valence-corrected chi connectivity index (χ2v) is 4.66. The normalized spacial score (nSPS) is 15.0. The van der Waals surface area contributed by atoms with E-state index in [1.165, 1.54) is 23.1 Å². The molecular weight excluding hydrogens is 182 g/mol. The Morgan fingerprint density at radius 3 is 2.20 bits per heavy atom.